The summed E-state index contributed by atoms with van der Waals surface area (Å²) < 4.78 is 197. The van der Waals surface area contributed by atoms with Crippen molar-refractivity contribution in [2.24, 2.45) is 5.92 Å². The van der Waals surface area contributed by atoms with Crippen LogP contribution < -0.4 is 0 Å². The molecule has 1 amide bonds. The molecule has 1 N–H and O–H groups in total. The van der Waals surface area contributed by atoms with Crippen LogP contribution in [0.25, 0.3) is 0 Å². The van der Waals surface area contributed by atoms with Crippen LogP contribution in [0, 0.1) is 5.92 Å². The molecule has 0 aliphatic carbocycles. The van der Waals surface area contributed by atoms with Crippen molar-refractivity contribution < 1.29 is 80.6 Å². The lowest BCUT2D eigenvalue weighted by Crippen LogP contribution is -2.74. The van der Waals surface area contributed by atoms with Gasteiger partial charge in [0.2, 0.25) is 0 Å². The number of amides is 1. The van der Waals surface area contributed by atoms with Gasteiger partial charge in [0.15, 0.2) is 0 Å². The maximum absolute atomic E-state index is 13.9. The molecule has 0 aromatic rings. The normalized spacial score (nSPS) is 18.5. The van der Waals surface area contributed by atoms with Gasteiger partial charge in [0, 0.05) is 13.1 Å². The molecule has 0 bridgehead atoms. The van der Waals surface area contributed by atoms with Gasteiger partial charge in [0.05, 0.1) is 5.92 Å². The topological polar surface area (TPSA) is 57.6 Å². The zero-order chi connectivity index (χ0) is 26.6. The molecular formula is C14H10F15NO3. The smallest absolute Gasteiger partial charge is 0.460 e. The van der Waals surface area contributed by atoms with E-state index in [4.69, 9.17) is 5.11 Å². The first-order valence-corrected chi connectivity index (χ1v) is 8.18. The van der Waals surface area contributed by atoms with Gasteiger partial charge < -0.3 is 10.0 Å². The predicted molar refractivity (Wildman–Crippen MR) is 72.7 cm³/mol. The fourth-order valence-electron chi connectivity index (χ4n) is 2.63. The number of carboxylic acid groups (broad SMARTS) is 1. The van der Waals surface area contributed by atoms with Gasteiger partial charge in [0.1, 0.15) is 0 Å². The third kappa shape index (κ3) is 4.04. The zero-order valence-electron chi connectivity index (χ0n) is 15.3. The summed E-state index contributed by atoms with van der Waals surface area (Å²) in [6.45, 7) is -2.27. The fourth-order valence-corrected chi connectivity index (χ4v) is 2.63. The van der Waals surface area contributed by atoms with E-state index in [0.29, 0.717) is 0 Å². The first-order chi connectivity index (χ1) is 14.3. The van der Waals surface area contributed by atoms with Crippen LogP contribution in [0.3, 0.4) is 0 Å². The molecule has 1 saturated heterocycles. The number of hydrogen-bond donors (Lipinski definition) is 1. The number of aliphatic carboxylic acids is 1. The van der Waals surface area contributed by atoms with Crippen molar-refractivity contribution in [3.63, 3.8) is 0 Å². The van der Waals surface area contributed by atoms with E-state index in [9.17, 15) is 75.4 Å². The van der Waals surface area contributed by atoms with Gasteiger partial charge in [-0.25, -0.2) is 0 Å². The van der Waals surface area contributed by atoms with Gasteiger partial charge in [0.25, 0.3) is 5.91 Å². The quantitative estimate of drug-likeness (QED) is 0.492. The van der Waals surface area contributed by atoms with E-state index in [2.05, 4.69) is 0 Å². The van der Waals surface area contributed by atoms with Gasteiger partial charge >= 0.3 is 47.7 Å². The second kappa shape index (κ2) is 7.99. The lowest BCUT2D eigenvalue weighted by molar-refractivity contribution is -0.449. The molecule has 4 nitrogen and oxygen atoms in total. The lowest BCUT2D eigenvalue weighted by Gasteiger charge is -2.42. The average molecular weight is 525 g/mol. The molecule has 1 aliphatic heterocycles. The number of piperidine rings is 1. The van der Waals surface area contributed by atoms with Crippen molar-refractivity contribution in [3.05, 3.63) is 0 Å². The van der Waals surface area contributed by atoms with Crippen LogP contribution in [0.2, 0.25) is 0 Å². The van der Waals surface area contributed by atoms with Crippen LogP contribution >= 0.6 is 0 Å². The summed E-state index contributed by atoms with van der Waals surface area (Å²) in [7, 11) is 0. The summed E-state index contributed by atoms with van der Waals surface area (Å²) in [5.41, 5.74) is 0. The highest BCUT2D eigenvalue weighted by Crippen LogP contribution is 2.62. The Morgan fingerprint density at radius 1 is 0.606 bits per heavy atom. The van der Waals surface area contributed by atoms with E-state index in [1.807, 2.05) is 0 Å². The first kappa shape index (κ1) is 28.9. The molecule has 0 spiro atoms. The summed E-state index contributed by atoms with van der Waals surface area (Å²) in [6, 6.07) is 0. The molecule has 0 radical (unpaired) electrons. The SMILES string of the molecule is O=C(O)C1CCN(C(=O)C(F)(F)C(F)(F)C(F)(F)C(F)(F)C(F)(F)C(F)(F)C(F)(F)F)CC1. The van der Waals surface area contributed by atoms with Gasteiger partial charge in [-0.2, -0.15) is 65.9 Å². The molecule has 19 heteroatoms. The number of rotatable bonds is 7. The fraction of sp³-hybridized carbons (Fsp3) is 0.857. The van der Waals surface area contributed by atoms with E-state index in [1.54, 1.807) is 0 Å². The van der Waals surface area contributed by atoms with Crippen LogP contribution in [-0.4, -0.2) is 76.7 Å². The minimum Gasteiger partial charge on any atom is -0.481 e. The molecule has 0 aromatic heterocycles. The summed E-state index contributed by atoms with van der Waals surface area (Å²) in [4.78, 5) is 21.9. The van der Waals surface area contributed by atoms with Crippen LogP contribution in [0.15, 0.2) is 0 Å². The maximum Gasteiger partial charge on any atom is 0.460 e. The Hall–Kier alpha value is -2.11. The van der Waals surface area contributed by atoms with Crippen molar-refractivity contribution in [2.45, 2.75) is 54.6 Å². The van der Waals surface area contributed by atoms with Crippen LogP contribution in [0.4, 0.5) is 65.9 Å². The number of nitrogens with zero attached hydrogens (tertiary/aromatic N) is 1. The molecule has 33 heavy (non-hydrogen) atoms. The molecule has 0 aromatic carbocycles. The van der Waals surface area contributed by atoms with Crippen LogP contribution in [-0.2, 0) is 9.59 Å². The van der Waals surface area contributed by atoms with Crippen LogP contribution in [0.5, 0.6) is 0 Å². The van der Waals surface area contributed by atoms with Gasteiger partial charge in [-0.3, -0.25) is 9.59 Å². The van der Waals surface area contributed by atoms with Crippen molar-refractivity contribution in [1.29, 1.82) is 0 Å². The highest BCUT2D eigenvalue weighted by Gasteiger charge is 2.94. The van der Waals surface area contributed by atoms with E-state index in [0.717, 1.165) is 0 Å². The number of carbonyl (C=O) groups excluding carboxylic acids is 1. The van der Waals surface area contributed by atoms with Gasteiger partial charge in [-0.1, -0.05) is 0 Å². The average Bonchev–Trinajstić information content (AvgIpc) is 2.65. The summed E-state index contributed by atoms with van der Waals surface area (Å²) >= 11 is 0. The molecule has 0 unspecified atom stereocenters. The van der Waals surface area contributed by atoms with Crippen molar-refractivity contribution in [2.75, 3.05) is 13.1 Å². The zero-order valence-corrected chi connectivity index (χ0v) is 15.3. The molecule has 194 valence electrons. The molecule has 1 heterocycles. The lowest BCUT2D eigenvalue weighted by atomic mass is 9.90. The minimum absolute atomic E-state index is 0.413. The Morgan fingerprint density at radius 2 is 0.939 bits per heavy atom. The second-order valence-electron chi connectivity index (χ2n) is 6.85. The number of alkyl halides is 15. The molecule has 0 saturated carbocycles. The number of carbonyl (C=O) groups is 2. The second-order valence-corrected chi connectivity index (χ2v) is 6.85. The summed E-state index contributed by atoms with van der Waals surface area (Å²) in [5.74, 6) is -54.5. The minimum atomic E-state index is -8.47. The third-order valence-electron chi connectivity index (χ3n) is 4.73. The molecule has 1 rings (SSSR count). The molecule has 1 aliphatic rings. The standard InChI is InChI=1S/C14H10F15NO3/c15-8(16,7(33)30-3-1-5(2-4-30)6(31)32)9(17,18)10(19,20)11(21,22)12(23,24)13(25,26)14(27,28)29/h5H,1-4H2,(H,31,32). The Labute approximate surface area is 172 Å². The van der Waals surface area contributed by atoms with Crippen LogP contribution in [0.1, 0.15) is 12.8 Å². The Morgan fingerprint density at radius 3 is 1.27 bits per heavy atom. The number of likely N-dealkylation sites (tertiary alicyclic amines) is 1. The number of hydrogen-bond acceptors (Lipinski definition) is 2. The Balaban J connectivity index is 3.40. The maximum atomic E-state index is 13.9. The van der Waals surface area contributed by atoms with E-state index >= 15 is 0 Å². The molecule has 0 atom stereocenters. The van der Waals surface area contributed by atoms with Gasteiger partial charge in [-0.05, 0) is 12.8 Å². The molecular weight excluding hydrogens is 515 g/mol. The van der Waals surface area contributed by atoms with Gasteiger partial charge in [-0.15, -0.1) is 0 Å². The van der Waals surface area contributed by atoms with Crippen molar-refractivity contribution in [3.8, 4) is 0 Å². The van der Waals surface area contributed by atoms with E-state index in [-0.39, 0.29) is 0 Å². The van der Waals surface area contributed by atoms with E-state index in [1.165, 1.54) is 0 Å². The van der Waals surface area contributed by atoms with Crippen molar-refractivity contribution >= 4 is 11.9 Å². The number of halogens is 15. The highest BCUT2D eigenvalue weighted by atomic mass is 19.4. The summed E-state index contributed by atoms with van der Waals surface area (Å²) in [6.07, 6.45) is -9.14. The third-order valence-corrected chi connectivity index (χ3v) is 4.73. The molecule has 1 fully saturated rings. The Kier molecular flexibility index (Phi) is 7.00. The summed E-state index contributed by atoms with van der Waals surface area (Å²) in [5, 5.41) is 8.68. The highest BCUT2D eigenvalue weighted by molar-refractivity contribution is 5.85. The predicted octanol–water partition coefficient (Wildman–Crippen LogP) is 4.68. The monoisotopic (exact) mass is 525 g/mol. The largest absolute Gasteiger partial charge is 0.481 e. The van der Waals surface area contributed by atoms with Crippen molar-refractivity contribution in [1.82, 2.24) is 4.90 Å². The Bertz CT molecular complexity index is 768. The number of carboxylic acids is 1. The van der Waals surface area contributed by atoms with E-state index < -0.39 is 90.3 Å². The first-order valence-electron chi connectivity index (χ1n) is 8.18.